The Morgan fingerprint density at radius 2 is 1.83 bits per heavy atom. The summed E-state index contributed by atoms with van der Waals surface area (Å²) in [5.41, 5.74) is 3.52. The Morgan fingerprint density at radius 1 is 1.14 bits per heavy atom. The quantitative estimate of drug-likeness (QED) is 0.601. The third kappa shape index (κ3) is 4.52. The van der Waals surface area contributed by atoms with E-state index in [1.165, 1.54) is 12.7 Å². The molecule has 7 nitrogen and oxygen atoms in total. The highest BCUT2D eigenvalue weighted by Crippen LogP contribution is 2.24. The number of hydrogen-bond acceptors (Lipinski definition) is 5. The zero-order chi connectivity index (χ0) is 20.8. The molecule has 0 fully saturated rings. The van der Waals surface area contributed by atoms with Crippen LogP contribution in [0.25, 0.3) is 16.9 Å². The monoisotopic (exact) mass is 393 g/mol. The Bertz CT molecular complexity index is 981. The van der Waals surface area contributed by atoms with Crippen LogP contribution in [0.5, 0.6) is 0 Å². The van der Waals surface area contributed by atoms with Gasteiger partial charge in [0.2, 0.25) is 0 Å². The molecule has 3 rings (SSSR count). The van der Waals surface area contributed by atoms with Gasteiger partial charge in [0.05, 0.1) is 25.0 Å². The first-order chi connectivity index (χ1) is 14.1. The lowest BCUT2D eigenvalue weighted by atomic mass is 10.0. The van der Waals surface area contributed by atoms with Gasteiger partial charge in [0.25, 0.3) is 5.91 Å². The van der Waals surface area contributed by atoms with E-state index in [0.29, 0.717) is 11.3 Å². The number of ether oxygens (including phenoxy) is 1. The molecule has 0 saturated carbocycles. The molecule has 7 heteroatoms. The van der Waals surface area contributed by atoms with Crippen LogP contribution in [0, 0.1) is 0 Å². The molecule has 1 heterocycles. The van der Waals surface area contributed by atoms with Crippen molar-refractivity contribution in [3.05, 3.63) is 71.9 Å². The molecule has 0 radical (unpaired) electrons. The SMILES string of the molecule is CCc1ccc(-c2nn(-c3ccccc3)cc2C(=O)N[C@H](CO)C(=O)OC)cc1. The summed E-state index contributed by atoms with van der Waals surface area (Å²) in [6.07, 6.45) is 2.52. The lowest BCUT2D eigenvalue weighted by Crippen LogP contribution is -2.44. The fraction of sp³-hybridized carbons (Fsp3) is 0.227. The minimum atomic E-state index is -1.15. The van der Waals surface area contributed by atoms with Crippen LogP contribution in [0.2, 0.25) is 0 Å². The summed E-state index contributed by atoms with van der Waals surface area (Å²) in [7, 11) is 1.20. The Kier molecular flexibility index (Phi) is 6.41. The maximum absolute atomic E-state index is 12.9. The zero-order valence-electron chi connectivity index (χ0n) is 16.3. The molecule has 150 valence electrons. The summed E-state index contributed by atoms with van der Waals surface area (Å²) in [6.45, 7) is 1.51. The van der Waals surface area contributed by atoms with Gasteiger partial charge >= 0.3 is 5.97 Å². The number of aliphatic hydroxyl groups is 1. The van der Waals surface area contributed by atoms with Gasteiger partial charge < -0.3 is 15.2 Å². The van der Waals surface area contributed by atoms with Crippen LogP contribution >= 0.6 is 0 Å². The van der Waals surface area contributed by atoms with E-state index in [9.17, 15) is 14.7 Å². The Labute approximate surface area is 168 Å². The molecule has 1 amide bonds. The lowest BCUT2D eigenvalue weighted by molar-refractivity contribution is -0.143. The molecule has 0 unspecified atom stereocenters. The van der Waals surface area contributed by atoms with Gasteiger partial charge in [0.1, 0.15) is 5.69 Å². The Morgan fingerprint density at radius 3 is 2.41 bits per heavy atom. The van der Waals surface area contributed by atoms with E-state index in [1.54, 1.807) is 10.9 Å². The van der Waals surface area contributed by atoms with Crippen LogP contribution < -0.4 is 5.32 Å². The summed E-state index contributed by atoms with van der Waals surface area (Å²) in [6, 6.07) is 16.1. The normalized spacial score (nSPS) is 11.7. The van der Waals surface area contributed by atoms with Gasteiger partial charge in [-0.3, -0.25) is 4.79 Å². The fourth-order valence-electron chi connectivity index (χ4n) is 2.92. The molecule has 0 aliphatic carbocycles. The fourth-order valence-corrected chi connectivity index (χ4v) is 2.92. The van der Waals surface area contributed by atoms with E-state index in [4.69, 9.17) is 0 Å². The predicted molar refractivity (Wildman–Crippen MR) is 109 cm³/mol. The van der Waals surface area contributed by atoms with Gasteiger partial charge in [-0.2, -0.15) is 5.10 Å². The summed E-state index contributed by atoms with van der Waals surface area (Å²) in [5.74, 6) is -1.24. The number of esters is 1. The topological polar surface area (TPSA) is 93.5 Å². The molecule has 2 N–H and O–H groups in total. The van der Waals surface area contributed by atoms with E-state index in [2.05, 4.69) is 22.1 Å². The van der Waals surface area contributed by atoms with Crippen molar-refractivity contribution in [1.29, 1.82) is 0 Å². The van der Waals surface area contributed by atoms with E-state index in [1.807, 2.05) is 54.6 Å². The minimum absolute atomic E-state index is 0.292. The van der Waals surface area contributed by atoms with Crippen LogP contribution in [0.15, 0.2) is 60.8 Å². The highest BCUT2D eigenvalue weighted by molar-refractivity contribution is 6.01. The maximum atomic E-state index is 12.9. The predicted octanol–water partition coefficient (Wildman–Crippen LogP) is 2.37. The summed E-state index contributed by atoms with van der Waals surface area (Å²) >= 11 is 0. The number of amides is 1. The minimum Gasteiger partial charge on any atom is -0.467 e. The molecular weight excluding hydrogens is 370 g/mol. The highest BCUT2D eigenvalue weighted by atomic mass is 16.5. The number of aliphatic hydroxyl groups excluding tert-OH is 1. The second-order valence-corrected chi connectivity index (χ2v) is 6.45. The number of aromatic nitrogens is 2. The van der Waals surface area contributed by atoms with E-state index in [-0.39, 0.29) is 0 Å². The Balaban J connectivity index is 2.02. The van der Waals surface area contributed by atoms with Crippen molar-refractivity contribution in [2.75, 3.05) is 13.7 Å². The number of carbonyl (C=O) groups is 2. The smallest absolute Gasteiger partial charge is 0.330 e. The standard InChI is InChI=1S/C22H23N3O4/c1-3-15-9-11-16(12-10-15)20-18(21(27)23-19(14-26)22(28)29-2)13-25(24-20)17-7-5-4-6-8-17/h4-13,19,26H,3,14H2,1-2H3,(H,23,27)/t19-/m1/s1. The van der Waals surface area contributed by atoms with Crippen molar-refractivity contribution >= 4 is 11.9 Å². The van der Waals surface area contributed by atoms with Gasteiger partial charge in [-0.05, 0) is 24.1 Å². The molecule has 0 aliphatic heterocycles. The summed E-state index contributed by atoms with van der Waals surface area (Å²) in [4.78, 5) is 24.7. The first-order valence-corrected chi connectivity index (χ1v) is 9.31. The van der Waals surface area contributed by atoms with Gasteiger partial charge in [-0.25, -0.2) is 9.48 Å². The molecule has 1 atom stereocenters. The van der Waals surface area contributed by atoms with Crippen LogP contribution in [0.3, 0.4) is 0 Å². The van der Waals surface area contributed by atoms with E-state index in [0.717, 1.165) is 17.7 Å². The van der Waals surface area contributed by atoms with E-state index < -0.39 is 24.5 Å². The van der Waals surface area contributed by atoms with Crippen molar-refractivity contribution in [2.45, 2.75) is 19.4 Å². The van der Waals surface area contributed by atoms with Crippen LogP contribution in [0.1, 0.15) is 22.8 Å². The molecule has 1 aromatic heterocycles. The summed E-state index contributed by atoms with van der Waals surface area (Å²) in [5, 5.41) is 16.5. The number of carbonyl (C=O) groups excluding carboxylic acids is 2. The number of hydrogen-bond donors (Lipinski definition) is 2. The van der Waals surface area contributed by atoms with Crippen molar-refractivity contribution in [2.24, 2.45) is 0 Å². The van der Waals surface area contributed by atoms with Crippen molar-refractivity contribution in [3.8, 4) is 16.9 Å². The first kappa shape index (κ1) is 20.3. The average molecular weight is 393 g/mol. The molecule has 2 aromatic carbocycles. The lowest BCUT2D eigenvalue weighted by Gasteiger charge is -2.13. The number of nitrogens with one attached hydrogen (secondary N) is 1. The van der Waals surface area contributed by atoms with Gasteiger partial charge in [0, 0.05) is 11.8 Å². The second-order valence-electron chi connectivity index (χ2n) is 6.45. The van der Waals surface area contributed by atoms with Gasteiger partial charge in [-0.15, -0.1) is 0 Å². The number of rotatable bonds is 7. The first-order valence-electron chi connectivity index (χ1n) is 9.31. The molecule has 0 saturated heterocycles. The number of nitrogens with zero attached hydrogens (tertiary/aromatic N) is 2. The number of methoxy groups -OCH3 is 1. The molecule has 0 aliphatic rings. The second kappa shape index (κ2) is 9.16. The van der Waals surface area contributed by atoms with Crippen molar-refractivity contribution < 1.29 is 19.4 Å². The largest absolute Gasteiger partial charge is 0.467 e. The van der Waals surface area contributed by atoms with Crippen LogP contribution in [-0.4, -0.2) is 46.5 Å². The molecule has 0 bridgehead atoms. The average Bonchev–Trinajstić information content (AvgIpc) is 3.23. The van der Waals surface area contributed by atoms with Gasteiger partial charge in [-0.1, -0.05) is 49.4 Å². The number of para-hydroxylation sites is 1. The summed E-state index contributed by atoms with van der Waals surface area (Å²) < 4.78 is 6.24. The van der Waals surface area contributed by atoms with Crippen LogP contribution in [-0.2, 0) is 16.0 Å². The number of benzene rings is 2. The Hall–Kier alpha value is -3.45. The maximum Gasteiger partial charge on any atom is 0.330 e. The third-order valence-electron chi connectivity index (χ3n) is 4.59. The molecule has 3 aromatic rings. The zero-order valence-corrected chi connectivity index (χ0v) is 16.3. The van der Waals surface area contributed by atoms with Crippen LogP contribution in [0.4, 0.5) is 0 Å². The molecule has 0 spiro atoms. The van der Waals surface area contributed by atoms with Gasteiger partial charge in [0.15, 0.2) is 6.04 Å². The third-order valence-corrected chi connectivity index (χ3v) is 4.59. The molecular formula is C22H23N3O4. The molecule has 29 heavy (non-hydrogen) atoms. The van der Waals surface area contributed by atoms with Crippen molar-refractivity contribution in [3.63, 3.8) is 0 Å². The number of aryl methyl sites for hydroxylation is 1. The van der Waals surface area contributed by atoms with Crippen molar-refractivity contribution in [1.82, 2.24) is 15.1 Å². The highest BCUT2D eigenvalue weighted by Gasteiger charge is 2.25. The van der Waals surface area contributed by atoms with E-state index >= 15 is 0 Å².